The maximum atomic E-state index is 13.1. The summed E-state index contributed by atoms with van der Waals surface area (Å²) in [5, 5.41) is 12.2. The molecule has 0 bridgehead atoms. The second kappa shape index (κ2) is 5.34. The first-order valence-corrected chi connectivity index (χ1v) is 6.47. The SMILES string of the molecule is CC(C)(C)c1ccc(Nc2ccc(F)cc2C#N)cc1. The molecule has 0 spiro atoms. The lowest BCUT2D eigenvalue weighted by Crippen LogP contribution is -2.10. The van der Waals surface area contributed by atoms with Gasteiger partial charge in [0.05, 0.1) is 11.3 Å². The largest absolute Gasteiger partial charge is 0.354 e. The van der Waals surface area contributed by atoms with Crippen LogP contribution in [0.1, 0.15) is 31.9 Å². The van der Waals surface area contributed by atoms with Crippen LogP contribution in [0.3, 0.4) is 0 Å². The van der Waals surface area contributed by atoms with Gasteiger partial charge in [-0.2, -0.15) is 5.26 Å². The fourth-order valence-electron chi connectivity index (χ4n) is 1.93. The summed E-state index contributed by atoms with van der Waals surface area (Å²) in [6, 6.07) is 14.2. The molecule has 0 saturated heterocycles. The van der Waals surface area contributed by atoms with E-state index in [-0.39, 0.29) is 5.41 Å². The summed E-state index contributed by atoms with van der Waals surface area (Å²) in [6.07, 6.45) is 0. The van der Waals surface area contributed by atoms with Crippen molar-refractivity contribution in [1.82, 2.24) is 0 Å². The van der Waals surface area contributed by atoms with E-state index < -0.39 is 5.82 Å². The first-order chi connectivity index (χ1) is 9.40. The van der Waals surface area contributed by atoms with Crippen LogP contribution in [0.25, 0.3) is 0 Å². The molecule has 2 aromatic rings. The molecule has 0 heterocycles. The van der Waals surface area contributed by atoms with Crippen LogP contribution in [0.2, 0.25) is 0 Å². The average molecular weight is 268 g/mol. The van der Waals surface area contributed by atoms with Crippen molar-refractivity contribution >= 4 is 11.4 Å². The van der Waals surface area contributed by atoms with E-state index in [1.54, 1.807) is 6.07 Å². The zero-order valence-electron chi connectivity index (χ0n) is 11.9. The lowest BCUT2D eigenvalue weighted by Gasteiger charge is -2.19. The molecule has 0 saturated carbocycles. The number of hydrogen-bond acceptors (Lipinski definition) is 2. The molecule has 0 aliphatic heterocycles. The van der Waals surface area contributed by atoms with E-state index in [9.17, 15) is 4.39 Å². The van der Waals surface area contributed by atoms with Gasteiger partial charge in [-0.15, -0.1) is 0 Å². The number of nitriles is 1. The highest BCUT2D eigenvalue weighted by Crippen LogP contribution is 2.26. The summed E-state index contributed by atoms with van der Waals surface area (Å²) < 4.78 is 13.1. The van der Waals surface area contributed by atoms with Crippen LogP contribution in [0.5, 0.6) is 0 Å². The Morgan fingerprint density at radius 2 is 1.70 bits per heavy atom. The minimum Gasteiger partial charge on any atom is -0.354 e. The molecule has 0 radical (unpaired) electrons. The van der Waals surface area contributed by atoms with Crippen LogP contribution in [-0.4, -0.2) is 0 Å². The molecule has 0 aromatic heterocycles. The summed E-state index contributed by atoms with van der Waals surface area (Å²) in [7, 11) is 0. The van der Waals surface area contributed by atoms with Gasteiger partial charge in [-0.3, -0.25) is 0 Å². The highest BCUT2D eigenvalue weighted by atomic mass is 19.1. The Morgan fingerprint density at radius 3 is 2.25 bits per heavy atom. The maximum Gasteiger partial charge on any atom is 0.124 e. The maximum absolute atomic E-state index is 13.1. The van der Waals surface area contributed by atoms with Crippen molar-refractivity contribution in [1.29, 1.82) is 5.26 Å². The minimum absolute atomic E-state index is 0.103. The van der Waals surface area contributed by atoms with E-state index in [1.807, 2.05) is 18.2 Å². The summed E-state index contributed by atoms with van der Waals surface area (Å²) in [5.41, 5.74) is 3.12. The zero-order valence-corrected chi connectivity index (χ0v) is 11.9. The third-order valence-electron chi connectivity index (χ3n) is 3.13. The Bertz CT molecular complexity index is 646. The molecule has 0 fully saturated rings. The molecule has 0 aliphatic carbocycles. The van der Waals surface area contributed by atoms with Gasteiger partial charge >= 0.3 is 0 Å². The summed E-state index contributed by atoms with van der Waals surface area (Å²) in [5.74, 6) is -0.407. The lowest BCUT2D eigenvalue weighted by molar-refractivity contribution is 0.590. The predicted octanol–water partition coefficient (Wildman–Crippen LogP) is 4.74. The van der Waals surface area contributed by atoms with E-state index in [0.717, 1.165) is 5.69 Å². The molecular formula is C17H17FN2. The van der Waals surface area contributed by atoms with E-state index in [4.69, 9.17) is 5.26 Å². The molecule has 2 rings (SSSR count). The van der Waals surface area contributed by atoms with Crippen molar-refractivity contribution < 1.29 is 4.39 Å². The Balaban J connectivity index is 2.25. The summed E-state index contributed by atoms with van der Waals surface area (Å²) in [4.78, 5) is 0. The molecule has 0 atom stereocenters. The number of nitrogens with one attached hydrogen (secondary N) is 1. The van der Waals surface area contributed by atoms with Gasteiger partial charge in [0.1, 0.15) is 11.9 Å². The van der Waals surface area contributed by atoms with E-state index in [2.05, 4.69) is 38.2 Å². The monoisotopic (exact) mass is 268 g/mol. The van der Waals surface area contributed by atoms with Crippen LogP contribution >= 0.6 is 0 Å². The Hall–Kier alpha value is -2.34. The van der Waals surface area contributed by atoms with Crippen molar-refractivity contribution in [2.24, 2.45) is 0 Å². The van der Waals surface area contributed by atoms with Gasteiger partial charge < -0.3 is 5.32 Å². The number of nitrogens with zero attached hydrogens (tertiary/aromatic N) is 1. The van der Waals surface area contributed by atoms with Gasteiger partial charge in [0.15, 0.2) is 0 Å². The molecule has 2 nitrogen and oxygen atoms in total. The third-order valence-corrected chi connectivity index (χ3v) is 3.13. The smallest absolute Gasteiger partial charge is 0.124 e. The first kappa shape index (κ1) is 14.1. The minimum atomic E-state index is -0.407. The third kappa shape index (κ3) is 3.16. The van der Waals surface area contributed by atoms with Crippen molar-refractivity contribution in [3.05, 3.63) is 59.4 Å². The van der Waals surface area contributed by atoms with Gasteiger partial charge in [0.2, 0.25) is 0 Å². The average Bonchev–Trinajstić information content (AvgIpc) is 2.40. The van der Waals surface area contributed by atoms with E-state index in [0.29, 0.717) is 11.3 Å². The number of anilines is 2. The van der Waals surface area contributed by atoms with Gasteiger partial charge in [0, 0.05) is 5.69 Å². The molecule has 3 heteroatoms. The highest BCUT2D eigenvalue weighted by molar-refractivity contribution is 5.66. The van der Waals surface area contributed by atoms with E-state index in [1.165, 1.54) is 17.7 Å². The normalized spacial score (nSPS) is 10.9. The van der Waals surface area contributed by atoms with Crippen molar-refractivity contribution in [3.63, 3.8) is 0 Å². The lowest BCUT2D eigenvalue weighted by atomic mass is 9.87. The molecule has 0 amide bonds. The quantitative estimate of drug-likeness (QED) is 0.854. The fourth-order valence-corrected chi connectivity index (χ4v) is 1.93. The van der Waals surface area contributed by atoms with E-state index >= 15 is 0 Å². The van der Waals surface area contributed by atoms with Crippen LogP contribution in [0.15, 0.2) is 42.5 Å². The molecule has 2 aromatic carbocycles. The standard InChI is InChI=1S/C17H17FN2/c1-17(2,3)13-4-7-15(8-5-13)20-16-9-6-14(18)10-12(16)11-19/h4-10,20H,1-3H3. The molecular weight excluding hydrogens is 251 g/mol. The summed E-state index contributed by atoms with van der Waals surface area (Å²) >= 11 is 0. The van der Waals surface area contributed by atoms with Crippen LogP contribution < -0.4 is 5.32 Å². The first-order valence-electron chi connectivity index (χ1n) is 6.47. The van der Waals surface area contributed by atoms with Gasteiger partial charge in [-0.05, 0) is 41.3 Å². The predicted molar refractivity (Wildman–Crippen MR) is 79.5 cm³/mol. The zero-order chi connectivity index (χ0) is 14.8. The topological polar surface area (TPSA) is 35.8 Å². The van der Waals surface area contributed by atoms with Crippen molar-refractivity contribution in [2.45, 2.75) is 26.2 Å². The summed E-state index contributed by atoms with van der Waals surface area (Å²) in [6.45, 7) is 6.47. The van der Waals surface area contributed by atoms with Crippen LogP contribution in [-0.2, 0) is 5.41 Å². The van der Waals surface area contributed by atoms with Gasteiger partial charge in [-0.25, -0.2) is 4.39 Å². The van der Waals surface area contributed by atoms with Crippen molar-refractivity contribution in [2.75, 3.05) is 5.32 Å². The van der Waals surface area contributed by atoms with Gasteiger partial charge in [0.25, 0.3) is 0 Å². The Labute approximate surface area is 118 Å². The van der Waals surface area contributed by atoms with Crippen molar-refractivity contribution in [3.8, 4) is 6.07 Å². The fraction of sp³-hybridized carbons (Fsp3) is 0.235. The molecule has 0 unspecified atom stereocenters. The highest BCUT2D eigenvalue weighted by Gasteiger charge is 2.13. The van der Waals surface area contributed by atoms with Crippen LogP contribution in [0, 0.1) is 17.1 Å². The second-order valence-electron chi connectivity index (χ2n) is 5.75. The second-order valence-corrected chi connectivity index (χ2v) is 5.75. The number of hydrogen-bond donors (Lipinski definition) is 1. The number of rotatable bonds is 2. The Morgan fingerprint density at radius 1 is 1.05 bits per heavy atom. The number of benzene rings is 2. The Kier molecular flexibility index (Phi) is 3.76. The molecule has 0 aliphatic rings. The van der Waals surface area contributed by atoms with Crippen LogP contribution in [0.4, 0.5) is 15.8 Å². The molecule has 20 heavy (non-hydrogen) atoms. The number of halogens is 1. The van der Waals surface area contributed by atoms with Gasteiger partial charge in [-0.1, -0.05) is 32.9 Å². The molecule has 1 N–H and O–H groups in total. The molecule has 102 valence electrons.